The molecule has 3 heterocycles. The van der Waals surface area contributed by atoms with E-state index < -0.39 is 0 Å². The fourth-order valence-electron chi connectivity index (χ4n) is 2.08. The van der Waals surface area contributed by atoms with E-state index in [1.165, 1.54) is 23.1 Å². The number of nitrogens with one attached hydrogen (secondary N) is 1. The maximum Gasteiger partial charge on any atom is 0.239 e. The molecule has 0 aromatic carbocycles. The minimum absolute atomic E-state index is 0.129. The van der Waals surface area contributed by atoms with E-state index in [2.05, 4.69) is 32.1 Å². The van der Waals surface area contributed by atoms with Gasteiger partial charge in [-0.1, -0.05) is 17.8 Å². The van der Waals surface area contributed by atoms with E-state index in [1.807, 2.05) is 29.0 Å². The first kappa shape index (κ1) is 17.3. The number of thiazole rings is 1. The Morgan fingerprint density at radius 2 is 2.36 bits per heavy atom. The topological polar surface area (TPSA) is 85.6 Å². The molecule has 0 spiro atoms. The molecule has 3 rings (SSSR count). The summed E-state index contributed by atoms with van der Waals surface area (Å²) in [6, 6.07) is 3.77. The number of hydrogen-bond donors (Lipinski definition) is 1. The van der Waals surface area contributed by atoms with Crippen molar-refractivity contribution in [2.24, 2.45) is 0 Å². The fourth-order valence-corrected chi connectivity index (χ4v) is 3.47. The highest BCUT2D eigenvalue weighted by Gasteiger charge is 2.21. The molecule has 3 aromatic heterocycles. The number of nitrogens with zero attached hydrogens (tertiary/aromatic N) is 5. The van der Waals surface area contributed by atoms with Gasteiger partial charge in [0.1, 0.15) is 0 Å². The number of thioether (sulfide) groups is 1. The van der Waals surface area contributed by atoms with E-state index in [-0.39, 0.29) is 11.2 Å². The number of amides is 1. The fraction of sp³-hybridized carbons (Fsp3) is 0.188. The van der Waals surface area contributed by atoms with Gasteiger partial charge in [0.15, 0.2) is 16.1 Å². The molecule has 0 radical (unpaired) electrons. The van der Waals surface area contributed by atoms with Gasteiger partial charge in [-0.3, -0.25) is 14.3 Å². The Kier molecular flexibility index (Phi) is 5.56. The van der Waals surface area contributed by atoms with Gasteiger partial charge in [-0.15, -0.1) is 28.1 Å². The van der Waals surface area contributed by atoms with Crippen molar-refractivity contribution in [3.63, 3.8) is 0 Å². The Labute approximate surface area is 153 Å². The Hall–Kier alpha value is -2.52. The normalized spacial score (nSPS) is 11.9. The molecule has 0 saturated carbocycles. The lowest BCUT2D eigenvalue weighted by molar-refractivity contribution is -0.115. The zero-order valence-corrected chi connectivity index (χ0v) is 15.1. The van der Waals surface area contributed by atoms with E-state index in [0.29, 0.717) is 22.7 Å². The summed E-state index contributed by atoms with van der Waals surface area (Å²) in [5.74, 6) is 0.569. The molecule has 1 atom stereocenters. The standard InChI is InChI=1S/C16H16N6OS2/c1-3-8-22-13(12-5-4-6-17-10-12)20-21-16(22)25-11(2)14(23)19-15-18-7-9-24-15/h3-7,9-11H,1,8H2,2H3,(H,18,19,23)/t11-/m0/s1. The zero-order chi connectivity index (χ0) is 17.6. The number of rotatable bonds is 7. The van der Waals surface area contributed by atoms with Gasteiger partial charge in [0, 0.05) is 36.1 Å². The van der Waals surface area contributed by atoms with Crippen LogP contribution >= 0.6 is 23.1 Å². The summed E-state index contributed by atoms with van der Waals surface area (Å²) in [4.78, 5) is 20.5. The molecule has 25 heavy (non-hydrogen) atoms. The van der Waals surface area contributed by atoms with Gasteiger partial charge in [0.2, 0.25) is 5.91 Å². The molecule has 0 aliphatic carbocycles. The summed E-state index contributed by atoms with van der Waals surface area (Å²) in [7, 11) is 0. The van der Waals surface area contributed by atoms with Crippen molar-refractivity contribution in [2.75, 3.05) is 5.32 Å². The number of aromatic nitrogens is 5. The highest BCUT2D eigenvalue weighted by Crippen LogP contribution is 2.27. The SMILES string of the molecule is C=CCn1c(S[C@@H](C)C(=O)Nc2nccs2)nnc1-c1cccnc1. The number of hydrogen-bond acceptors (Lipinski definition) is 7. The molecule has 128 valence electrons. The number of anilines is 1. The van der Waals surface area contributed by atoms with Crippen LogP contribution in [0.1, 0.15) is 6.92 Å². The minimum atomic E-state index is -0.349. The van der Waals surface area contributed by atoms with Crippen molar-refractivity contribution in [1.82, 2.24) is 24.7 Å². The van der Waals surface area contributed by atoms with Crippen LogP contribution < -0.4 is 5.32 Å². The van der Waals surface area contributed by atoms with Crippen LogP contribution in [0.5, 0.6) is 0 Å². The Bertz CT molecular complexity index is 847. The highest BCUT2D eigenvalue weighted by atomic mass is 32.2. The second-order valence-corrected chi connectivity index (χ2v) is 7.24. The van der Waals surface area contributed by atoms with Gasteiger partial charge in [0.05, 0.1) is 5.25 Å². The maximum atomic E-state index is 12.3. The monoisotopic (exact) mass is 372 g/mol. The van der Waals surface area contributed by atoms with E-state index in [0.717, 1.165) is 5.56 Å². The lowest BCUT2D eigenvalue weighted by Gasteiger charge is -2.11. The molecule has 0 fully saturated rings. The van der Waals surface area contributed by atoms with Crippen LogP contribution in [0.2, 0.25) is 0 Å². The quantitative estimate of drug-likeness (QED) is 0.507. The Morgan fingerprint density at radius 1 is 1.48 bits per heavy atom. The largest absolute Gasteiger partial charge is 0.301 e. The molecule has 0 aliphatic rings. The third-order valence-corrected chi connectivity index (χ3v) is 5.03. The maximum absolute atomic E-state index is 12.3. The number of allylic oxidation sites excluding steroid dienone is 1. The minimum Gasteiger partial charge on any atom is -0.301 e. The lowest BCUT2D eigenvalue weighted by Crippen LogP contribution is -2.22. The van der Waals surface area contributed by atoms with E-state index in [9.17, 15) is 4.79 Å². The molecule has 1 N–H and O–H groups in total. The summed E-state index contributed by atoms with van der Waals surface area (Å²) >= 11 is 2.72. The average molecular weight is 372 g/mol. The van der Waals surface area contributed by atoms with Crippen molar-refractivity contribution >= 4 is 34.1 Å². The smallest absolute Gasteiger partial charge is 0.239 e. The molecule has 9 heteroatoms. The summed E-state index contributed by atoms with van der Waals surface area (Å²) in [5.41, 5.74) is 0.864. The van der Waals surface area contributed by atoms with Crippen molar-refractivity contribution < 1.29 is 4.79 Å². The van der Waals surface area contributed by atoms with Crippen molar-refractivity contribution in [3.05, 3.63) is 48.8 Å². The van der Waals surface area contributed by atoms with Crippen molar-refractivity contribution in [3.8, 4) is 11.4 Å². The molecule has 0 saturated heterocycles. The average Bonchev–Trinajstić information content (AvgIpc) is 3.26. The van der Waals surface area contributed by atoms with E-state index >= 15 is 0 Å². The van der Waals surface area contributed by atoms with Gasteiger partial charge in [-0.2, -0.15) is 0 Å². The van der Waals surface area contributed by atoms with Gasteiger partial charge in [-0.25, -0.2) is 4.98 Å². The molecule has 7 nitrogen and oxygen atoms in total. The first-order valence-corrected chi connectivity index (χ1v) is 9.26. The molecular formula is C16H16N6OS2. The summed E-state index contributed by atoms with van der Waals surface area (Å²) in [6.07, 6.45) is 6.86. The van der Waals surface area contributed by atoms with Crippen LogP contribution in [-0.4, -0.2) is 35.9 Å². The molecular weight excluding hydrogens is 356 g/mol. The van der Waals surface area contributed by atoms with Crippen LogP contribution in [0, 0.1) is 0 Å². The van der Waals surface area contributed by atoms with Crippen LogP contribution in [0.3, 0.4) is 0 Å². The highest BCUT2D eigenvalue weighted by molar-refractivity contribution is 8.00. The number of carbonyl (C=O) groups is 1. The predicted molar refractivity (Wildman–Crippen MR) is 99.5 cm³/mol. The second-order valence-electron chi connectivity index (χ2n) is 5.03. The van der Waals surface area contributed by atoms with Gasteiger partial charge < -0.3 is 5.32 Å². The van der Waals surface area contributed by atoms with Gasteiger partial charge >= 0.3 is 0 Å². The predicted octanol–water partition coefficient (Wildman–Crippen LogP) is 3.10. The van der Waals surface area contributed by atoms with Crippen LogP contribution in [-0.2, 0) is 11.3 Å². The summed E-state index contributed by atoms with van der Waals surface area (Å²) in [6.45, 7) is 6.15. The van der Waals surface area contributed by atoms with E-state index in [4.69, 9.17) is 0 Å². The van der Waals surface area contributed by atoms with Crippen LogP contribution in [0.4, 0.5) is 5.13 Å². The van der Waals surface area contributed by atoms with Crippen molar-refractivity contribution in [2.45, 2.75) is 23.9 Å². The molecule has 3 aromatic rings. The van der Waals surface area contributed by atoms with Gasteiger partial charge in [-0.05, 0) is 19.1 Å². The second kappa shape index (κ2) is 8.04. The first-order valence-electron chi connectivity index (χ1n) is 7.50. The van der Waals surface area contributed by atoms with Gasteiger partial charge in [0.25, 0.3) is 0 Å². The Morgan fingerprint density at radius 3 is 3.04 bits per heavy atom. The molecule has 1 amide bonds. The number of carbonyl (C=O) groups excluding carboxylic acids is 1. The first-order chi connectivity index (χ1) is 12.2. The zero-order valence-electron chi connectivity index (χ0n) is 13.5. The molecule has 0 unspecified atom stereocenters. The lowest BCUT2D eigenvalue weighted by atomic mass is 10.3. The third kappa shape index (κ3) is 4.12. The third-order valence-electron chi connectivity index (χ3n) is 3.26. The van der Waals surface area contributed by atoms with Crippen molar-refractivity contribution in [1.29, 1.82) is 0 Å². The van der Waals surface area contributed by atoms with Crippen LogP contribution in [0.25, 0.3) is 11.4 Å². The number of pyridine rings is 1. The summed E-state index contributed by atoms with van der Waals surface area (Å²) in [5, 5.41) is 14.0. The summed E-state index contributed by atoms with van der Waals surface area (Å²) < 4.78 is 1.92. The molecule has 0 bridgehead atoms. The molecule has 0 aliphatic heterocycles. The van der Waals surface area contributed by atoms with Crippen LogP contribution in [0.15, 0.2) is 53.9 Å². The van der Waals surface area contributed by atoms with E-state index in [1.54, 1.807) is 24.7 Å². The Balaban J connectivity index is 1.78.